The summed E-state index contributed by atoms with van der Waals surface area (Å²) < 4.78 is 56.3. The van der Waals surface area contributed by atoms with E-state index in [0.29, 0.717) is 12.8 Å². The topological polar surface area (TPSA) is 26.3 Å². The number of ether oxygens (including phenoxy) is 1. The van der Waals surface area contributed by atoms with Crippen LogP contribution in [0.1, 0.15) is 49.4 Å². The fourth-order valence-electron chi connectivity index (χ4n) is 1.81. The number of carbonyl (C=O) groups is 1. The summed E-state index contributed by atoms with van der Waals surface area (Å²) in [6, 6.07) is 5.54. The van der Waals surface area contributed by atoms with Crippen molar-refractivity contribution in [3.05, 3.63) is 35.6 Å². The fourth-order valence-corrected chi connectivity index (χ4v) is 1.81. The van der Waals surface area contributed by atoms with Gasteiger partial charge in [-0.15, -0.1) is 0 Å². The van der Waals surface area contributed by atoms with E-state index in [4.69, 9.17) is 0 Å². The molecule has 0 aliphatic carbocycles. The number of esters is 1. The number of halogens is 4. The van der Waals surface area contributed by atoms with Crippen molar-refractivity contribution in [2.75, 3.05) is 0 Å². The standard InChI is InChI=1S/C15H17F4O2/c1-2-3-4-5-10-13(15(17,18)19)21-14(20)11-8-6-7-9-12(11)16/h6,8-9,13H,2-5,10H2,1H3. The summed E-state index contributed by atoms with van der Waals surface area (Å²) in [5.74, 6) is -2.26. The Balaban J connectivity index is 2.68. The predicted molar refractivity (Wildman–Crippen MR) is 69.3 cm³/mol. The minimum Gasteiger partial charge on any atom is -0.449 e. The number of rotatable bonds is 7. The van der Waals surface area contributed by atoms with E-state index in [2.05, 4.69) is 10.8 Å². The summed E-state index contributed by atoms with van der Waals surface area (Å²) in [6.45, 7) is 1.94. The van der Waals surface area contributed by atoms with Crippen molar-refractivity contribution in [3.63, 3.8) is 0 Å². The van der Waals surface area contributed by atoms with Crippen molar-refractivity contribution in [2.24, 2.45) is 0 Å². The fraction of sp³-hybridized carbons (Fsp3) is 0.533. The molecular weight excluding hydrogens is 288 g/mol. The lowest BCUT2D eigenvalue weighted by atomic mass is 10.1. The number of hydrogen-bond acceptors (Lipinski definition) is 2. The van der Waals surface area contributed by atoms with Gasteiger partial charge >= 0.3 is 12.1 Å². The van der Waals surface area contributed by atoms with E-state index < -0.39 is 29.6 Å². The van der Waals surface area contributed by atoms with E-state index in [1.165, 1.54) is 6.07 Å². The monoisotopic (exact) mass is 305 g/mol. The first-order valence-corrected chi connectivity index (χ1v) is 6.79. The Hall–Kier alpha value is -1.59. The third-order valence-electron chi connectivity index (χ3n) is 2.97. The van der Waals surface area contributed by atoms with E-state index in [1.54, 1.807) is 0 Å². The first kappa shape index (κ1) is 17.5. The van der Waals surface area contributed by atoms with Crippen LogP contribution in [0.25, 0.3) is 0 Å². The van der Waals surface area contributed by atoms with Crippen molar-refractivity contribution in [1.82, 2.24) is 0 Å². The van der Waals surface area contributed by atoms with Gasteiger partial charge in [-0.1, -0.05) is 32.3 Å². The van der Waals surface area contributed by atoms with Gasteiger partial charge < -0.3 is 4.74 Å². The third kappa shape index (κ3) is 5.73. The summed E-state index contributed by atoms with van der Waals surface area (Å²) in [6.07, 6.45) is -4.52. The first-order valence-electron chi connectivity index (χ1n) is 6.79. The number of unbranched alkanes of at least 4 members (excludes halogenated alkanes) is 3. The Morgan fingerprint density at radius 1 is 1.33 bits per heavy atom. The molecule has 1 atom stereocenters. The van der Waals surface area contributed by atoms with Gasteiger partial charge in [-0.05, 0) is 31.0 Å². The summed E-state index contributed by atoms with van der Waals surface area (Å²) in [7, 11) is 0. The zero-order valence-electron chi connectivity index (χ0n) is 11.7. The van der Waals surface area contributed by atoms with Crippen molar-refractivity contribution < 1.29 is 27.1 Å². The van der Waals surface area contributed by atoms with Crippen LogP contribution in [0.15, 0.2) is 18.2 Å². The Bertz CT molecular complexity index is 457. The highest BCUT2D eigenvalue weighted by molar-refractivity contribution is 5.89. The Kier molecular flexibility index (Phi) is 6.65. The summed E-state index contributed by atoms with van der Waals surface area (Å²) in [5, 5.41) is 0. The van der Waals surface area contributed by atoms with E-state index in [0.717, 1.165) is 25.0 Å². The molecule has 0 aromatic heterocycles. The molecule has 1 aromatic rings. The molecule has 0 heterocycles. The van der Waals surface area contributed by atoms with Crippen molar-refractivity contribution in [3.8, 4) is 0 Å². The highest BCUT2D eigenvalue weighted by Crippen LogP contribution is 2.28. The lowest BCUT2D eigenvalue weighted by Crippen LogP contribution is -2.34. The maximum atomic E-state index is 13.3. The van der Waals surface area contributed by atoms with E-state index in [9.17, 15) is 22.4 Å². The largest absolute Gasteiger partial charge is 0.449 e. The van der Waals surface area contributed by atoms with Crippen LogP contribution < -0.4 is 0 Å². The maximum absolute atomic E-state index is 13.3. The number of benzene rings is 1. The number of carbonyl (C=O) groups excluding carboxylic acids is 1. The van der Waals surface area contributed by atoms with Crippen LogP contribution in [0.5, 0.6) is 0 Å². The quantitative estimate of drug-likeness (QED) is 0.415. The van der Waals surface area contributed by atoms with Gasteiger partial charge in [0, 0.05) is 0 Å². The highest BCUT2D eigenvalue weighted by Gasteiger charge is 2.42. The van der Waals surface area contributed by atoms with Gasteiger partial charge in [-0.25, -0.2) is 9.18 Å². The molecular formula is C15H17F4O2. The second-order valence-corrected chi connectivity index (χ2v) is 4.69. The van der Waals surface area contributed by atoms with Crippen molar-refractivity contribution in [2.45, 2.75) is 51.3 Å². The summed E-state index contributed by atoms with van der Waals surface area (Å²) in [5.41, 5.74) is -0.517. The lowest BCUT2D eigenvalue weighted by Gasteiger charge is -2.20. The first-order chi connectivity index (χ1) is 9.86. The molecule has 21 heavy (non-hydrogen) atoms. The molecule has 1 aromatic carbocycles. The SMILES string of the molecule is CCCCCCC(OC(=O)c1cc[c]cc1F)C(F)(F)F. The van der Waals surface area contributed by atoms with Gasteiger partial charge in [0.15, 0.2) is 6.10 Å². The summed E-state index contributed by atoms with van der Waals surface area (Å²) in [4.78, 5) is 11.6. The predicted octanol–water partition coefficient (Wildman–Crippen LogP) is 4.68. The zero-order chi connectivity index (χ0) is 15.9. The molecule has 0 amide bonds. The Labute approximate surface area is 121 Å². The average molecular weight is 305 g/mol. The average Bonchev–Trinajstić information content (AvgIpc) is 2.41. The van der Waals surface area contributed by atoms with Crippen LogP contribution in [-0.2, 0) is 4.74 Å². The van der Waals surface area contributed by atoms with Gasteiger partial charge in [-0.3, -0.25) is 0 Å². The van der Waals surface area contributed by atoms with E-state index >= 15 is 0 Å². The molecule has 0 aliphatic rings. The van der Waals surface area contributed by atoms with Gasteiger partial charge in [0.25, 0.3) is 0 Å². The molecule has 0 saturated heterocycles. The molecule has 1 radical (unpaired) electrons. The van der Waals surface area contributed by atoms with Gasteiger partial charge in [-0.2, -0.15) is 13.2 Å². The van der Waals surface area contributed by atoms with Crippen LogP contribution in [0.3, 0.4) is 0 Å². The minimum absolute atomic E-state index is 0.302. The molecule has 0 N–H and O–H groups in total. The molecule has 117 valence electrons. The Morgan fingerprint density at radius 2 is 2.05 bits per heavy atom. The number of alkyl halides is 3. The molecule has 2 nitrogen and oxygen atoms in total. The second-order valence-electron chi connectivity index (χ2n) is 4.69. The van der Waals surface area contributed by atoms with Crippen molar-refractivity contribution in [1.29, 1.82) is 0 Å². The molecule has 1 unspecified atom stereocenters. The second kappa shape index (κ2) is 8.00. The molecule has 1 rings (SSSR count). The summed E-state index contributed by atoms with van der Waals surface area (Å²) >= 11 is 0. The van der Waals surface area contributed by atoms with E-state index in [-0.39, 0.29) is 6.42 Å². The number of hydrogen-bond donors (Lipinski definition) is 0. The molecule has 0 spiro atoms. The van der Waals surface area contributed by atoms with Gasteiger partial charge in [0.2, 0.25) is 0 Å². The molecule has 0 fully saturated rings. The van der Waals surface area contributed by atoms with Crippen LogP contribution >= 0.6 is 0 Å². The van der Waals surface area contributed by atoms with Crippen molar-refractivity contribution >= 4 is 5.97 Å². The third-order valence-corrected chi connectivity index (χ3v) is 2.97. The molecule has 0 bridgehead atoms. The van der Waals surface area contributed by atoms with Gasteiger partial charge in [0.05, 0.1) is 5.56 Å². The van der Waals surface area contributed by atoms with Crippen LogP contribution in [0, 0.1) is 11.9 Å². The van der Waals surface area contributed by atoms with Gasteiger partial charge in [0.1, 0.15) is 5.82 Å². The Morgan fingerprint density at radius 3 is 2.62 bits per heavy atom. The molecule has 0 aliphatic heterocycles. The van der Waals surface area contributed by atoms with Crippen LogP contribution in [-0.4, -0.2) is 18.2 Å². The highest BCUT2D eigenvalue weighted by atomic mass is 19.4. The van der Waals surface area contributed by atoms with E-state index in [1.807, 2.05) is 6.92 Å². The smallest absolute Gasteiger partial charge is 0.425 e. The normalized spacial score (nSPS) is 13.0. The van der Waals surface area contributed by atoms with Crippen LogP contribution in [0.4, 0.5) is 17.6 Å². The zero-order valence-corrected chi connectivity index (χ0v) is 11.7. The maximum Gasteiger partial charge on any atom is 0.425 e. The molecule has 0 saturated carbocycles. The minimum atomic E-state index is -4.65. The molecule has 6 heteroatoms. The lowest BCUT2D eigenvalue weighted by molar-refractivity contribution is -0.206. The van der Waals surface area contributed by atoms with Crippen LogP contribution in [0.2, 0.25) is 0 Å².